The number of rotatable bonds is 1. The molecule has 0 bridgehead atoms. The summed E-state index contributed by atoms with van der Waals surface area (Å²) in [5, 5.41) is 8.74. The highest BCUT2D eigenvalue weighted by Crippen LogP contribution is 2.21. The topological polar surface area (TPSA) is 53.3 Å². The molecule has 1 amide bonds. The fraction of sp³-hybridized carbons (Fsp3) is 0.333. The van der Waals surface area contributed by atoms with E-state index in [9.17, 15) is 13.6 Å². The molecular weight excluding hydrogens is 322 g/mol. The maximum Gasteiger partial charge on any atom is 0.260 e. The molecule has 0 aromatic heterocycles. The van der Waals surface area contributed by atoms with Gasteiger partial charge in [0, 0.05) is 11.0 Å². The quantitative estimate of drug-likeness (QED) is 0.792. The van der Waals surface area contributed by atoms with Gasteiger partial charge in [-0.25, -0.2) is 8.78 Å². The van der Waals surface area contributed by atoms with E-state index in [-0.39, 0.29) is 24.2 Å². The van der Waals surface area contributed by atoms with Crippen LogP contribution in [0.5, 0.6) is 0 Å². The summed E-state index contributed by atoms with van der Waals surface area (Å²) >= 11 is 2.95. The third-order valence-corrected chi connectivity index (χ3v) is 3.18. The Kier molecular flexibility index (Phi) is 4.12. The van der Waals surface area contributed by atoms with Gasteiger partial charge in [-0.2, -0.15) is 5.26 Å². The molecule has 0 N–H and O–H groups in total. The molecule has 1 heterocycles. The zero-order valence-corrected chi connectivity index (χ0v) is 11.3. The first-order chi connectivity index (χ1) is 9.02. The number of nitriles is 1. The SMILES string of the molecule is N#CC1CN(C(=O)c2c(F)cc(Br)cc2F)CCO1. The molecule has 1 fully saturated rings. The number of hydrogen-bond acceptors (Lipinski definition) is 3. The van der Waals surface area contributed by atoms with Crippen molar-refractivity contribution in [3.63, 3.8) is 0 Å². The largest absolute Gasteiger partial charge is 0.360 e. The molecule has 2 rings (SSSR count). The zero-order chi connectivity index (χ0) is 14.0. The van der Waals surface area contributed by atoms with Crippen LogP contribution in [-0.4, -0.2) is 36.6 Å². The lowest BCUT2D eigenvalue weighted by atomic mass is 10.1. The zero-order valence-electron chi connectivity index (χ0n) is 9.70. The Morgan fingerprint density at radius 1 is 1.47 bits per heavy atom. The molecule has 1 saturated heterocycles. The lowest BCUT2D eigenvalue weighted by Crippen LogP contribution is -2.45. The van der Waals surface area contributed by atoms with Crippen molar-refractivity contribution in [2.24, 2.45) is 0 Å². The molecule has 4 nitrogen and oxygen atoms in total. The molecule has 0 radical (unpaired) electrons. The Hall–Kier alpha value is -1.52. The van der Waals surface area contributed by atoms with E-state index in [1.54, 1.807) is 0 Å². The molecule has 7 heteroatoms. The normalized spacial score (nSPS) is 19.1. The predicted octanol–water partition coefficient (Wildman–Crippen LogP) is 2.09. The van der Waals surface area contributed by atoms with Gasteiger partial charge in [0.05, 0.1) is 19.2 Å². The van der Waals surface area contributed by atoms with Crippen molar-refractivity contribution >= 4 is 21.8 Å². The van der Waals surface area contributed by atoms with E-state index in [2.05, 4.69) is 15.9 Å². The van der Waals surface area contributed by atoms with Crippen molar-refractivity contribution in [2.45, 2.75) is 6.10 Å². The van der Waals surface area contributed by atoms with E-state index in [1.165, 1.54) is 4.90 Å². The van der Waals surface area contributed by atoms with Crippen LogP contribution < -0.4 is 0 Å². The summed E-state index contributed by atoms with van der Waals surface area (Å²) in [6.07, 6.45) is -0.765. The number of ether oxygens (including phenoxy) is 1. The number of amides is 1. The smallest absolute Gasteiger partial charge is 0.260 e. The number of carbonyl (C=O) groups is 1. The van der Waals surface area contributed by atoms with Gasteiger partial charge in [-0.15, -0.1) is 0 Å². The number of hydrogen-bond donors (Lipinski definition) is 0. The molecule has 0 aliphatic carbocycles. The first-order valence-electron chi connectivity index (χ1n) is 5.48. The van der Waals surface area contributed by atoms with Crippen molar-refractivity contribution in [3.8, 4) is 6.07 Å². The minimum atomic E-state index is -0.933. The fourth-order valence-corrected chi connectivity index (χ4v) is 2.22. The highest BCUT2D eigenvalue weighted by molar-refractivity contribution is 9.10. The van der Waals surface area contributed by atoms with Crippen LogP contribution in [0, 0.1) is 23.0 Å². The minimum absolute atomic E-state index is 0.00424. The molecule has 1 atom stereocenters. The number of carbonyl (C=O) groups excluding carboxylic acids is 1. The highest BCUT2D eigenvalue weighted by Gasteiger charge is 2.28. The third kappa shape index (κ3) is 2.91. The number of morpholine rings is 1. The van der Waals surface area contributed by atoms with Crippen molar-refractivity contribution in [3.05, 3.63) is 33.8 Å². The maximum atomic E-state index is 13.7. The van der Waals surface area contributed by atoms with Gasteiger partial charge in [0.2, 0.25) is 0 Å². The molecule has 19 heavy (non-hydrogen) atoms. The first-order valence-corrected chi connectivity index (χ1v) is 6.27. The molecule has 1 aliphatic rings. The second-order valence-electron chi connectivity index (χ2n) is 3.98. The minimum Gasteiger partial charge on any atom is -0.360 e. The summed E-state index contributed by atoms with van der Waals surface area (Å²) in [6, 6.07) is 3.92. The van der Waals surface area contributed by atoms with Gasteiger partial charge < -0.3 is 9.64 Å². The average molecular weight is 331 g/mol. The molecule has 100 valence electrons. The van der Waals surface area contributed by atoms with E-state index in [0.29, 0.717) is 0 Å². The fourth-order valence-electron chi connectivity index (χ4n) is 1.82. The van der Waals surface area contributed by atoms with Crippen LogP contribution in [0.2, 0.25) is 0 Å². The Bertz CT molecular complexity index is 536. The molecular formula is C12H9BrF2N2O2. The molecule has 1 aromatic rings. The Morgan fingerprint density at radius 2 is 2.11 bits per heavy atom. The predicted molar refractivity (Wildman–Crippen MR) is 65.3 cm³/mol. The van der Waals surface area contributed by atoms with Crippen LogP contribution in [0.4, 0.5) is 8.78 Å². The number of benzene rings is 1. The lowest BCUT2D eigenvalue weighted by molar-refractivity contribution is 0.00303. The number of halogens is 3. The van der Waals surface area contributed by atoms with E-state index >= 15 is 0 Å². The van der Waals surface area contributed by atoms with Gasteiger partial charge >= 0.3 is 0 Å². The maximum absolute atomic E-state index is 13.7. The van der Waals surface area contributed by atoms with E-state index in [0.717, 1.165) is 12.1 Å². The van der Waals surface area contributed by atoms with Crippen molar-refractivity contribution < 1.29 is 18.3 Å². The van der Waals surface area contributed by atoms with Crippen LogP contribution >= 0.6 is 15.9 Å². The first kappa shape index (κ1) is 13.9. The highest BCUT2D eigenvalue weighted by atomic mass is 79.9. The van der Waals surface area contributed by atoms with E-state index < -0.39 is 29.2 Å². The van der Waals surface area contributed by atoms with Crippen LogP contribution in [0.1, 0.15) is 10.4 Å². The Morgan fingerprint density at radius 3 is 2.68 bits per heavy atom. The molecule has 0 saturated carbocycles. The van der Waals surface area contributed by atoms with Crippen LogP contribution in [0.3, 0.4) is 0 Å². The second-order valence-corrected chi connectivity index (χ2v) is 4.90. The van der Waals surface area contributed by atoms with Crippen LogP contribution in [0.25, 0.3) is 0 Å². The molecule has 1 aromatic carbocycles. The number of nitrogens with zero attached hydrogens (tertiary/aromatic N) is 2. The third-order valence-electron chi connectivity index (χ3n) is 2.72. The standard InChI is InChI=1S/C12H9BrF2N2O2/c13-7-3-9(14)11(10(15)4-7)12(18)17-1-2-19-8(5-16)6-17/h3-4,8H,1-2,6H2. The summed E-state index contributed by atoms with van der Waals surface area (Å²) in [4.78, 5) is 13.3. The van der Waals surface area contributed by atoms with Gasteiger partial charge in [0.1, 0.15) is 17.2 Å². The lowest BCUT2D eigenvalue weighted by Gasteiger charge is -2.30. The summed E-state index contributed by atoms with van der Waals surface area (Å²) in [5.41, 5.74) is -0.609. The van der Waals surface area contributed by atoms with Gasteiger partial charge in [-0.3, -0.25) is 4.79 Å². The monoisotopic (exact) mass is 330 g/mol. The average Bonchev–Trinajstić information content (AvgIpc) is 2.37. The van der Waals surface area contributed by atoms with Crippen molar-refractivity contribution in [1.82, 2.24) is 4.90 Å². The Labute approximate surface area is 116 Å². The Balaban J connectivity index is 2.27. The van der Waals surface area contributed by atoms with Gasteiger partial charge in [0.25, 0.3) is 5.91 Å². The summed E-state index contributed by atoms with van der Waals surface area (Å²) < 4.78 is 32.7. The van der Waals surface area contributed by atoms with Gasteiger partial charge in [-0.05, 0) is 12.1 Å². The summed E-state index contributed by atoms with van der Waals surface area (Å²) in [6.45, 7) is 0.375. The van der Waals surface area contributed by atoms with E-state index in [1.807, 2.05) is 6.07 Å². The molecule has 1 unspecified atom stereocenters. The summed E-state index contributed by atoms with van der Waals surface area (Å²) in [5.74, 6) is -2.64. The van der Waals surface area contributed by atoms with Crippen molar-refractivity contribution in [2.75, 3.05) is 19.7 Å². The second kappa shape index (κ2) is 5.63. The van der Waals surface area contributed by atoms with Gasteiger partial charge in [-0.1, -0.05) is 15.9 Å². The van der Waals surface area contributed by atoms with E-state index in [4.69, 9.17) is 10.00 Å². The summed E-state index contributed by atoms with van der Waals surface area (Å²) in [7, 11) is 0. The molecule has 1 aliphatic heterocycles. The van der Waals surface area contributed by atoms with Crippen LogP contribution in [-0.2, 0) is 4.74 Å². The van der Waals surface area contributed by atoms with Crippen LogP contribution in [0.15, 0.2) is 16.6 Å². The molecule has 0 spiro atoms. The van der Waals surface area contributed by atoms with Gasteiger partial charge in [0.15, 0.2) is 6.10 Å². The van der Waals surface area contributed by atoms with Crippen molar-refractivity contribution in [1.29, 1.82) is 5.26 Å².